The largest absolute Gasteiger partial charge is 0.487 e. The van der Waals surface area contributed by atoms with Crippen LogP contribution in [0.25, 0.3) is 16.8 Å². The van der Waals surface area contributed by atoms with Crippen LogP contribution in [-0.4, -0.2) is 27.6 Å². The number of nitrogens with zero attached hydrogens (tertiary/aromatic N) is 3. The zero-order valence-corrected chi connectivity index (χ0v) is 12.4. The fourth-order valence-electron chi connectivity index (χ4n) is 2.21. The Morgan fingerprint density at radius 3 is 2.86 bits per heavy atom. The van der Waals surface area contributed by atoms with E-state index in [9.17, 15) is 8.78 Å². The maximum atomic E-state index is 12.4. The predicted octanol–water partition coefficient (Wildman–Crippen LogP) is 4.00. The molecule has 0 spiro atoms. The zero-order chi connectivity index (χ0) is 15.7. The number of benzene rings is 1. The summed E-state index contributed by atoms with van der Waals surface area (Å²) >= 11 is 6.04. The molecule has 0 unspecified atom stereocenters. The highest BCUT2D eigenvalue weighted by atomic mass is 35.5. The smallest absolute Gasteiger partial charge is 0.272 e. The van der Waals surface area contributed by atoms with Crippen LogP contribution in [0.2, 0.25) is 5.02 Å². The molecule has 7 heteroatoms. The average Bonchev–Trinajstić information content (AvgIpc) is 2.85. The van der Waals surface area contributed by atoms with Gasteiger partial charge in [0.15, 0.2) is 5.65 Å². The molecule has 1 aromatic carbocycles. The number of rotatable bonds is 4. The molecule has 0 atom stereocenters. The van der Waals surface area contributed by atoms with E-state index in [0.29, 0.717) is 27.8 Å². The van der Waals surface area contributed by atoms with Gasteiger partial charge in [-0.15, -0.1) is 0 Å². The number of hydrogen-bond acceptors (Lipinski definition) is 3. The van der Waals surface area contributed by atoms with E-state index in [0.717, 1.165) is 5.56 Å². The van der Waals surface area contributed by atoms with Crippen molar-refractivity contribution in [3.63, 3.8) is 0 Å². The van der Waals surface area contributed by atoms with Crippen molar-refractivity contribution in [3.8, 4) is 16.9 Å². The average molecular weight is 324 g/mol. The summed E-state index contributed by atoms with van der Waals surface area (Å²) in [5, 5.41) is 4.72. The highest BCUT2D eigenvalue weighted by molar-refractivity contribution is 6.31. The fourth-order valence-corrected chi connectivity index (χ4v) is 2.39. The first kappa shape index (κ1) is 14.7. The molecule has 0 N–H and O–H groups in total. The van der Waals surface area contributed by atoms with E-state index in [2.05, 4.69) is 10.1 Å². The molecule has 3 rings (SSSR count). The van der Waals surface area contributed by atoms with Crippen LogP contribution in [0.3, 0.4) is 0 Å². The second-order valence-electron chi connectivity index (χ2n) is 4.69. The molecule has 0 amide bonds. The Hall–Kier alpha value is -2.21. The lowest BCUT2D eigenvalue weighted by atomic mass is 10.1. The minimum atomic E-state index is -2.55. The summed E-state index contributed by atoms with van der Waals surface area (Å²) in [6, 6.07) is 8.47. The van der Waals surface area contributed by atoms with E-state index in [1.165, 1.54) is 0 Å². The van der Waals surface area contributed by atoms with Crippen LogP contribution in [0.4, 0.5) is 8.78 Å². The van der Waals surface area contributed by atoms with Crippen molar-refractivity contribution in [3.05, 3.63) is 47.4 Å². The Morgan fingerprint density at radius 2 is 2.09 bits per heavy atom. The standard InChI is InChI=1S/C15H12ClF2N3O/c1-9-19-15-11(3-2-6-21(15)20-9)12-7-10(16)4-5-13(12)22-8-14(17)18/h2-7,14H,8H2,1H3. The molecule has 0 aliphatic rings. The van der Waals surface area contributed by atoms with E-state index in [4.69, 9.17) is 16.3 Å². The van der Waals surface area contributed by atoms with Crippen molar-refractivity contribution in [2.45, 2.75) is 13.3 Å². The third-order valence-corrected chi connectivity index (χ3v) is 3.30. The first-order chi connectivity index (χ1) is 10.5. The Labute approximate surface area is 130 Å². The highest BCUT2D eigenvalue weighted by Crippen LogP contribution is 2.34. The molecule has 0 radical (unpaired) electrons. The summed E-state index contributed by atoms with van der Waals surface area (Å²) in [5.41, 5.74) is 1.94. The lowest BCUT2D eigenvalue weighted by molar-refractivity contribution is 0.0822. The number of aryl methyl sites for hydroxylation is 1. The lowest BCUT2D eigenvalue weighted by Gasteiger charge is -2.12. The van der Waals surface area contributed by atoms with Crippen molar-refractivity contribution in [2.24, 2.45) is 0 Å². The molecule has 3 aromatic rings. The summed E-state index contributed by atoms with van der Waals surface area (Å²) in [5.74, 6) is 0.947. The molecule has 0 fully saturated rings. The maximum Gasteiger partial charge on any atom is 0.272 e. The third-order valence-electron chi connectivity index (χ3n) is 3.06. The molecule has 2 aromatic heterocycles. The number of fused-ring (bicyclic) bond motifs is 1. The topological polar surface area (TPSA) is 39.4 Å². The summed E-state index contributed by atoms with van der Waals surface area (Å²) in [6.45, 7) is 1.10. The van der Waals surface area contributed by atoms with Crippen LogP contribution in [0.15, 0.2) is 36.5 Å². The molecule has 4 nitrogen and oxygen atoms in total. The van der Waals surface area contributed by atoms with Gasteiger partial charge < -0.3 is 4.74 Å². The van der Waals surface area contributed by atoms with Gasteiger partial charge in [0, 0.05) is 22.3 Å². The molecule has 0 bridgehead atoms. The molecule has 0 saturated carbocycles. The van der Waals surface area contributed by atoms with E-state index >= 15 is 0 Å². The zero-order valence-electron chi connectivity index (χ0n) is 11.6. The van der Waals surface area contributed by atoms with Crippen molar-refractivity contribution in [1.82, 2.24) is 14.6 Å². The van der Waals surface area contributed by atoms with Crippen LogP contribution in [-0.2, 0) is 0 Å². The SMILES string of the molecule is Cc1nc2c(-c3cc(Cl)ccc3OCC(F)F)cccn2n1. The first-order valence-corrected chi connectivity index (χ1v) is 6.95. The van der Waals surface area contributed by atoms with Gasteiger partial charge in [-0.2, -0.15) is 5.10 Å². The number of alkyl halides is 2. The number of aromatic nitrogens is 3. The van der Waals surface area contributed by atoms with Crippen LogP contribution in [0, 0.1) is 6.92 Å². The molecule has 2 heterocycles. The van der Waals surface area contributed by atoms with Gasteiger partial charge in [0.25, 0.3) is 6.43 Å². The van der Waals surface area contributed by atoms with E-state index in [1.54, 1.807) is 41.9 Å². The van der Waals surface area contributed by atoms with Gasteiger partial charge >= 0.3 is 0 Å². The minimum absolute atomic E-state index is 0.332. The Bertz CT molecular complexity index is 820. The molecule has 0 aliphatic carbocycles. The number of hydrogen-bond donors (Lipinski definition) is 0. The molecule has 0 saturated heterocycles. The lowest BCUT2D eigenvalue weighted by Crippen LogP contribution is -2.07. The van der Waals surface area contributed by atoms with Gasteiger partial charge in [-0.3, -0.25) is 0 Å². The summed E-state index contributed by atoms with van der Waals surface area (Å²) in [4.78, 5) is 4.36. The quantitative estimate of drug-likeness (QED) is 0.728. The Morgan fingerprint density at radius 1 is 1.27 bits per heavy atom. The molecule has 22 heavy (non-hydrogen) atoms. The fraction of sp³-hybridized carbons (Fsp3) is 0.200. The second-order valence-corrected chi connectivity index (χ2v) is 5.13. The van der Waals surface area contributed by atoms with Crippen molar-refractivity contribution >= 4 is 17.2 Å². The number of halogens is 3. The van der Waals surface area contributed by atoms with Gasteiger partial charge in [0.1, 0.15) is 18.2 Å². The summed E-state index contributed by atoms with van der Waals surface area (Å²) in [6.07, 6.45) is -0.780. The van der Waals surface area contributed by atoms with Crippen molar-refractivity contribution in [1.29, 1.82) is 0 Å². The molecular weight excluding hydrogens is 312 g/mol. The van der Waals surface area contributed by atoms with E-state index in [1.807, 2.05) is 6.07 Å². The van der Waals surface area contributed by atoms with Crippen LogP contribution < -0.4 is 4.74 Å². The van der Waals surface area contributed by atoms with E-state index in [-0.39, 0.29) is 0 Å². The normalized spacial score (nSPS) is 11.3. The number of pyridine rings is 1. The maximum absolute atomic E-state index is 12.4. The molecule has 114 valence electrons. The van der Waals surface area contributed by atoms with Crippen molar-refractivity contribution in [2.75, 3.05) is 6.61 Å². The third kappa shape index (κ3) is 2.87. The van der Waals surface area contributed by atoms with E-state index < -0.39 is 13.0 Å². The van der Waals surface area contributed by atoms with Crippen molar-refractivity contribution < 1.29 is 13.5 Å². The second kappa shape index (κ2) is 5.88. The van der Waals surface area contributed by atoms with Gasteiger partial charge in [-0.25, -0.2) is 18.3 Å². The number of ether oxygens (including phenoxy) is 1. The summed E-state index contributed by atoms with van der Waals surface area (Å²) < 4.78 is 31.7. The Balaban J connectivity index is 2.14. The van der Waals surface area contributed by atoms with Gasteiger partial charge in [-0.1, -0.05) is 11.6 Å². The monoisotopic (exact) mass is 323 g/mol. The highest BCUT2D eigenvalue weighted by Gasteiger charge is 2.14. The molecule has 0 aliphatic heterocycles. The van der Waals surface area contributed by atoms with Crippen LogP contribution >= 0.6 is 11.6 Å². The van der Waals surface area contributed by atoms with Gasteiger partial charge in [0.05, 0.1) is 0 Å². The van der Waals surface area contributed by atoms with Gasteiger partial charge in [0.2, 0.25) is 0 Å². The minimum Gasteiger partial charge on any atom is -0.487 e. The predicted molar refractivity (Wildman–Crippen MR) is 79.7 cm³/mol. The van der Waals surface area contributed by atoms with Crippen LogP contribution in [0.5, 0.6) is 5.75 Å². The Kier molecular flexibility index (Phi) is 3.94. The van der Waals surface area contributed by atoms with Crippen LogP contribution in [0.1, 0.15) is 5.82 Å². The molecular formula is C15H12ClF2N3O. The first-order valence-electron chi connectivity index (χ1n) is 6.57. The summed E-state index contributed by atoms with van der Waals surface area (Å²) in [7, 11) is 0. The van der Waals surface area contributed by atoms with Gasteiger partial charge in [-0.05, 0) is 37.3 Å².